The van der Waals surface area contributed by atoms with Gasteiger partial charge in [-0.25, -0.2) is 0 Å². The van der Waals surface area contributed by atoms with Crippen LogP contribution in [-0.2, 0) is 0 Å². The zero-order valence-corrected chi connectivity index (χ0v) is 8.89. The summed E-state index contributed by atoms with van der Waals surface area (Å²) >= 11 is 0. The van der Waals surface area contributed by atoms with E-state index in [1.54, 1.807) is 11.1 Å². The molecule has 3 aliphatic rings. The summed E-state index contributed by atoms with van der Waals surface area (Å²) in [5.74, 6) is 1.84. The molecule has 0 bridgehead atoms. The quantitative estimate of drug-likeness (QED) is 0.537. The summed E-state index contributed by atoms with van der Waals surface area (Å²) in [6, 6.07) is 0. The Kier molecular flexibility index (Phi) is 2.23. The molecular weight excluding hydrogens is 168 g/mol. The minimum Gasteiger partial charge on any atom is -0.0668 e. The second-order valence-electron chi connectivity index (χ2n) is 5.12. The van der Waals surface area contributed by atoms with Gasteiger partial charge in [-0.1, -0.05) is 18.1 Å². The lowest BCUT2D eigenvalue weighted by Crippen LogP contribution is -2.22. The summed E-state index contributed by atoms with van der Waals surface area (Å²) in [7, 11) is 0. The Balaban J connectivity index is 1.89. The molecule has 0 amide bonds. The fraction of sp³-hybridized carbons (Fsp3) is 0.714. The highest BCUT2D eigenvalue weighted by Crippen LogP contribution is 2.43. The first kappa shape index (κ1) is 8.76. The van der Waals surface area contributed by atoms with E-state index in [0.29, 0.717) is 0 Å². The highest BCUT2D eigenvalue weighted by atomic mass is 14.3. The second kappa shape index (κ2) is 3.56. The predicted molar refractivity (Wildman–Crippen MR) is 58.8 cm³/mol. The molecule has 0 heterocycles. The Labute approximate surface area is 87.1 Å². The molecule has 0 aliphatic heterocycles. The van der Waals surface area contributed by atoms with Crippen LogP contribution in [0.4, 0.5) is 0 Å². The molecule has 3 rings (SSSR count). The first-order valence-electron chi connectivity index (χ1n) is 6.24. The maximum absolute atomic E-state index is 3.59. The first-order valence-corrected chi connectivity index (χ1v) is 6.24. The predicted octanol–water partition coefficient (Wildman–Crippen LogP) is 4.04. The Hall–Kier alpha value is -0.520. The highest BCUT2D eigenvalue weighted by molar-refractivity contribution is 5.31. The number of fused-ring (bicyclic) bond motifs is 2. The van der Waals surface area contributed by atoms with E-state index in [1.165, 1.54) is 51.4 Å². The standard InChI is InChI=1S/C14H19/c1-2-6-12-10-14-8-4-3-7-13(14)9-11(12)5-1/h10-11,13H,1-7,9H2. The lowest BCUT2D eigenvalue weighted by Gasteiger charge is -2.36. The molecule has 1 fully saturated rings. The van der Waals surface area contributed by atoms with Crippen LogP contribution < -0.4 is 0 Å². The van der Waals surface area contributed by atoms with Crippen molar-refractivity contribution in [3.8, 4) is 0 Å². The van der Waals surface area contributed by atoms with Crippen molar-refractivity contribution in [2.24, 2.45) is 11.8 Å². The topological polar surface area (TPSA) is 0 Å². The van der Waals surface area contributed by atoms with Crippen molar-refractivity contribution >= 4 is 0 Å². The van der Waals surface area contributed by atoms with Gasteiger partial charge in [0.25, 0.3) is 0 Å². The van der Waals surface area contributed by atoms with Crippen LogP contribution in [0.3, 0.4) is 0 Å². The van der Waals surface area contributed by atoms with Gasteiger partial charge in [0, 0.05) is 0 Å². The van der Waals surface area contributed by atoms with Gasteiger partial charge in [-0.15, -0.1) is 0 Å². The van der Waals surface area contributed by atoms with Crippen molar-refractivity contribution in [3.05, 3.63) is 23.3 Å². The number of rotatable bonds is 0. The van der Waals surface area contributed by atoms with Crippen LogP contribution in [-0.4, -0.2) is 0 Å². The molecule has 0 spiro atoms. The maximum Gasteiger partial charge on any atom is -0.0153 e. The molecule has 3 aliphatic carbocycles. The van der Waals surface area contributed by atoms with Crippen molar-refractivity contribution in [3.63, 3.8) is 0 Å². The molecule has 0 aromatic heterocycles. The van der Waals surface area contributed by atoms with Crippen molar-refractivity contribution < 1.29 is 0 Å². The van der Waals surface area contributed by atoms with Crippen LogP contribution >= 0.6 is 0 Å². The van der Waals surface area contributed by atoms with Crippen molar-refractivity contribution in [1.29, 1.82) is 0 Å². The van der Waals surface area contributed by atoms with Gasteiger partial charge in [-0.2, -0.15) is 0 Å². The average molecular weight is 187 g/mol. The molecule has 75 valence electrons. The molecule has 0 saturated heterocycles. The van der Waals surface area contributed by atoms with Crippen LogP contribution in [0.15, 0.2) is 17.2 Å². The van der Waals surface area contributed by atoms with Crippen LogP contribution in [0.1, 0.15) is 51.4 Å². The van der Waals surface area contributed by atoms with E-state index in [2.05, 4.69) is 12.2 Å². The molecule has 0 aromatic carbocycles. The number of hydrogen-bond donors (Lipinski definition) is 0. The van der Waals surface area contributed by atoms with E-state index in [9.17, 15) is 0 Å². The summed E-state index contributed by atoms with van der Waals surface area (Å²) in [6.45, 7) is 0. The summed E-state index contributed by atoms with van der Waals surface area (Å²) in [6.07, 6.45) is 17.3. The maximum atomic E-state index is 3.59. The summed E-state index contributed by atoms with van der Waals surface area (Å²) < 4.78 is 0. The minimum absolute atomic E-state index is 0.885. The fourth-order valence-corrected chi connectivity index (χ4v) is 3.41. The minimum atomic E-state index is 0.885. The third-order valence-corrected chi connectivity index (χ3v) is 4.20. The summed E-state index contributed by atoms with van der Waals surface area (Å²) in [5.41, 5.74) is 3.33. The molecule has 0 aromatic rings. The SMILES string of the molecule is [C]1=C2C=C3CCCCC3CC2CCC1. The zero-order valence-electron chi connectivity index (χ0n) is 8.89. The van der Waals surface area contributed by atoms with E-state index >= 15 is 0 Å². The van der Waals surface area contributed by atoms with E-state index in [0.717, 1.165) is 11.8 Å². The Bertz CT molecular complexity index is 282. The molecule has 2 atom stereocenters. The van der Waals surface area contributed by atoms with Crippen LogP contribution in [0.5, 0.6) is 0 Å². The average Bonchev–Trinajstić information content (AvgIpc) is 2.26. The van der Waals surface area contributed by atoms with Gasteiger partial charge in [0.2, 0.25) is 0 Å². The smallest absolute Gasteiger partial charge is 0.0153 e. The van der Waals surface area contributed by atoms with Gasteiger partial charge in [0.1, 0.15) is 0 Å². The third kappa shape index (κ3) is 1.45. The van der Waals surface area contributed by atoms with Gasteiger partial charge < -0.3 is 0 Å². The molecule has 0 nitrogen and oxygen atoms in total. The lowest BCUT2D eigenvalue weighted by molar-refractivity contribution is 0.339. The van der Waals surface area contributed by atoms with Gasteiger partial charge in [-0.05, 0) is 68.4 Å². The monoisotopic (exact) mass is 187 g/mol. The largest absolute Gasteiger partial charge is 0.0668 e. The van der Waals surface area contributed by atoms with Gasteiger partial charge in [0.05, 0.1) is 0 Å². The zero-order chi connectivity index (χ0) is 9.38. The van der Waals surface area contributed by atoms with Gasteiger partial charge in [0.15, 0.2) is 0 Å². The molecule has 1 radical (unpaired) electrons. The van der Waals surface area contributed by atoms with E-state index in [4.69, 9.17) is 0 Å². The molecular formula is C14H19. The molecule has 0 heteroatoms. The van der Waals surface area contributed by atoms with E-state index in [1.807, 2.05) is 0 Å². The normalized spacial score (nSPS) is 36.6. The van der Waals surface area contributed by atoms with Gasteiger partial charge in [-0.3, -0.25) is 0 Å². The van der Waals surface area contributed by atoms with Gasteiger partial charge >= 0.3 is 0 Å². The van der Waals surface area contributed by atoms with E-state index in [-0.39, 0.29) is 0 Å². The summed E-state index contributed by atoms with van der Waals surface area (Å²) in [5, 5.41) is 0. The van der Waals surface area contributed by atoms with Crippen molar-refractivity contribution in [2.45, 2.75) is 51.4 Å². The molecule has 14 heavy (non-hydrogen) atoms. The van der Waals surface area contributed by atoms with Crippen LogP contribution in [0.2, 0.25) is 0 Å². The highest BCUT2D eigenvalue weighted by Gasteiger charge is 2.29. The number of hydrogen-bond acceptors (Lipinski definition) is 0. The Morgan fingerprint density at radius 3 is 3.00 bits per heavy atom. The second-order valence-corrected chi connectivity index (χ2v) is 5.12. The Morgan fingerprint density at radius 2 is 2.00 bits per heavy atom. The lowest BCUT2D eigenvalue weighted by atomic mass is 9.69. The molecule has 0 N–H and O–H groups in total. The fourth-order valence-electron chi connectivity index (χ4n) is 3.41. The Morgan fingerprint density at radius 1 is 1.07 bits per heavy atom. The van der Waals surface area contributed by atoms with E-state index < -0.39 is 0 Å². The molecule has 1 saturated carbocycles. The van der Waals surface area contributed by atoms with Crippen LogP contribution in [0.25, 0.3) is 0 Å². The third-order valence-electron chi connectivity index (χ3n) is 4.20. The van der Waals surface area contributed by atoms with Crippen molar-refractivity contribution in [2.75, 3.05) is 0 Å². The van der Waals surface area contributed by atoms with Crippen LogP contribution in [0, 0.1) is 17.9 Å². The van der Waals surface area contributed by atoms with Crippen molar-refractivity contribution in [1.82, 2.24) is 0 Å². The first-order chi connectivity index (χ1) is 6.93. The number of allylic oxidation sites excluding steroid dienone is 4. The summed E-state index contributed by atoms with van der Waals surface area (Å²) in [4.78, 5) is 0. The molecule has 2 unspecified atom stereocenters.